The number of carboxylic acid groups (broad SMARTS) is 4. The Bertz CT molecular complexity index is 3010. The Balaban J connectivity index is 0.00000400. The molecule has 1 radical (unpaired) electrons. The van der Waals surface area contributed by atoms with Crippen molar-refractivity contribution in [3.8, 4) is 45.6 Å². The number of carboxylic acids is 4. The fourth-order valence-electron chi connectivity index (χ4n) is 6.20. The molecule has 16 nitrogen and oxygen atoms in total. The van der Waals surface area contributed by atoms with E-state index in [1.165, 1.54) is 60.7 Å². The Morgan fingerprint density at radius 2 is 0.679 bits per heavy atom. The van der Waals surface area contributed by atoms with Crippen LogP contribution in [0, 0.1) is 0 Å². The molecule has 257 valence electrons. The van der Waals surface area contributed by atoms with Gasteiger partial charge in [0.1, 0.15) is 0 Å². The second kappa shape index (κ2) is 11.9. The average molecular weight is 748 g/mol. The largest absolute Gasteiger partial charge is 2.00 e. The molecule has 0 saturated heterocycles. The maximum Gasteiger partial charge on any atom is 2.00 e. The van der Waals surface area contributed by atoms with Crippen molar-refractivity contribution >= 4 is 68.0 Å². The van der Waals surface area contributed by atoms with E-state index in [4.69, 9.17) is 15.0 Å². The number of hydrogen-bond acceptors (Lipinski definition) is 10. The minimum atomic E-state index is -1.20. The summed E-state index contributed by atoms with van der Waals surface area (Å²) in [5.74, 6) is -4.51. The van der Waals surface area contributed by atoms with Crippen LogP contribution in [-0.4, -0.2) is 74.2 Å². The van der Waals surface area contributed by atoms with Crippen LogP contribution >= 0.6 is 0 Å². The predicted molar refractivity (Wildman–Crippen MR) is 182 cm³/mol. The van der Waals surface area contributed by atoms with Crippen LogP contribution in [0.3, 0.4) is 0 Å². The zero-order valence-electron chi connectivity index (χ0n) is 26.3. The first-order chi connectivity index (χ1) is 25.0. The van der Waals surface area contributed by atoms with Crippen LogP contribution < -0.4 is 9.97 Å². The second-order valence-electron chi connectivity index (χ2n) is 11.7. The monoisotopic (exact) mass is 747 g/mol. The third-order valence-corrected chi connectivity index (χ3v) is 8.69. The Morgan fingerprint density at radius 3 is 1.04 bits per heavy atom. The van der Waals surface area contributed by atoms with Gasteiger partial charge < -0.3 is 50.3 Å². The second-order valence-corrected chi connectivity index (χ2v) is 11.7. The van der Waals surface area contributed by atoms with Gasteiger partial charge >= 0.3 is 40.7 Å². The van der Waals surface area contributed by atoms with Crippen LogP contribution in [0.25, 0.3) is 89.7 Å². The quantitative estimate of drug-likeness (QED) is 0.186. The molecule has 0 amide bonds. The number of rotatable bonds is 4. The molecule has 4 N–H and O–H groups in total. The smallest absolute Gasteiger partial charge is 0.478 e. The summed E-state index contributed by atoms with van der Waals surface area (Å²) < 4.78 is 0. The Morgan fingerprint density at radius 1 is 0.377 bits per heavy atom. The van der Waals surface area contributed by atoms with Gasteiger partial charge in [0.15, 0.2) is 0 Å². The fourth-order valence-corrected chi connectivity index (χ4v) is 6.20. The third-order valence-electron chi connectivity index (χ3n) is 8.69. The summed E-state index contributed by atoms with van der Waals surface area (Å²) in [6.45, 7) is 0. The van der Waals surface area contributed by atoms with Crippen LogP contribution in [0.5, 0.6) is 0 Å². The minimum Gasteiger partial charge on any atom is -0.478 e. The first kappa shape index (κ1) is 32.8. The number of carbonyl (C=O) groups is 4. The summed E-state index contributed by atoms with van der Waals surface area (Å²) in [5.41, 5.74) is 1.49. The topological polar surface area (TPSA) is 255 Å². The molecular formula is C36H16CoN8O8. The van der Waals surface area contributed by atoms with E-state index >= 15 is 0 Å². The molecular weight excluding hydrogens is 731 g/mol. The zero-order valence-corrected chi connectivity index (χ0v) is 27.3. The van der Waals surface area contributed by atoms with Crippen molar-refractivity contribution in [1.29, 1.82) is 0 Å². The molecule has 17 heteroatoms. The summed E-state index contributed by atoms with van der Waals surface area (Å²) in [4.78, 5) is 85.3. The molecule has 0 fully saturated rings. The molecule has 8 bridgehead atoms. The van der Waals surface area contributed by atoms with Gasteiger partial charge in [-0.3, -0.25) is 0 Å². The van der Waals surface area contributed by atoms with Gasteiger partial charge in [0.25, 0.3) is 0 Å². The van der Waals surface area contributed by atoms with Crippen molar-refractivity contribution in [2.45, 2.75) is 0 Å². The molecule has 53 heavy (non-hydrogen) atoms. The standard InChI is InChI=1S/C36H18N8O8.Co/c45-33(46)13-1-5-17-21(9-13)29-38-25(17)37-26-18-6-2-14(34(47)48)10-22(18)30(39-26)41-28-20-8-4-16(36(51)52)12-24(20)32(43-28)44-31-23-11-15(35(49)50)3-7-19(23)27(40-29)42-31;/h1-12H,(H6,37,38,39,40,41,42,43,44,45,46,47,48,49,50,51,52);/q;+2/p-2. The van der Waals surface area contributed by atoms with Crippen LogP contribution in [0.4, 0.5) is 0 Å². The van der Waals surface area contributed by atoms with Crippen molar-refractivity contribution in [3.05, 3.63) is 95.1 Å². The molecule has 4 aromatic carbocycles. The number of hydrogen-bond donors (Lipinski definition) is 4. The van der Waals surface area contributed by atoms with Crippen LogP contribution in [0.15, 0.2) is 72.8 Å². The Labute approximate surface area is 304 Å². The van der Waals surface area contributed by atoms with Crippen molar-refractivity contribution in [1.82, 2.24) is 39.9 Å². The molecule has 9 rings (SSSR count). The van der Waals surface area contributed by atoms with Gasteiger partial charge in [0.05, 0.1) is 45.6 Å². The molecule has 0 saturated carbocycles. The zero-order chi connectivity index (χ0) is 36.0. The van der Waals surface area contributed by atoms with Gasteiger partial charge in [-0.1, -0.05) is 24.3 Å². The van der Waals surface area contributed by atoms with E-state index < -0.39 is 23.9 Å². The maximum absolute atomic E-state index is 12.0. The van der Waals surface area contributed by atoms with Crippen molar-refractivity contribution < 1.29 is 56.4 Å². The van der Waals surface area contributed by atoms with E-state index in [9.17, 15) is 39.6 Å². The summed E-state index contributed by atoms with van der Waals surface area (Å²) in [6.07, 6.45) is 0. The molecule has 5 heterocycles. The number of aromatic nitrogens is 8. The Kier molecular flexibility index (Phi) is 7.34. The van der Waals surface area contributed by atoms with E-state index in [0.29, 0.717) is 32.8 Å². The first-order valence-corrected chi connectivity index (χ1v) is 15.2. The molecule has 0 unspecified atom stereocenters. The number of nitrogens with zero attached hydrogens (tertiary/aromatic N) is 8. The molecule has 0 aliphatic carbocycles. The van der Waals surface area contributed by atoms with Crippen molar-refractivity contribution in [2.75, 3.05) is 0 Å². The van der Waals surface area contributed by atoms with E-state index in [1.54, 1.807) is 12.1 Å². The normalized spacial score (nSPS) is 11.5. The number of aromatic carboxylic acids is 4. The summed E-state index contributed by atoms with van der Waals surface area (Å²) >= 11 is 0. The van der Waals surface area contributed by atoms with Gasteiger partial charge in [0, 0.05) is 44.8 Å². The summed E-state index contributed by atoms with van der Waals surface area (Å²) in [7, 11) is 0. The fraction of sp³-hybridized carbons (Fsp3) is 0. The van der Waals surface area contributed by atoms with Gasteiger partial charge in [0.2, 0.25) is 0 Å². The first-order valence-electron chi connectivity index (χ1n) is 15.2. The summed E-state index contributed by atoms with van der Waals surface area (Å²) in [5, 5.41) is 40.5. The predicted octanol–water partition coefficient (Wildman–Crippen LogP) is 4.92. The van der Waals surface area contributed by atoms with E-state index in [2.05, 4.69) is 24.9 Å². The molecule has 2 aliphatic rings. The third kappa shape index (κ3) is 5.22. The van der Waals surface area contributed by atoms with Gasteiger partial charge in [-0.05, 0) is 70.1 Å². The number of fused-ring (bicyclic) bond motifs is 20. The van der Waals surface area contributed by atoms with E-state index in [1.807, 2.05) is 0 Å². The average Bonchev–Trinajstić information content (AvgIpc) is 3.85. The van der Waals surface area contributed by atoms with Crippen LogP contribution in [0.2, 0.25) is 0 Å². The number of benzene rings is 4. The van der Waals surface area contributed by atoms with Gasteiger partial charge in [-0.25, -0.2) is 29.1 Å². The molecule has 3 aromatic heterocycles. The molecule has 7 aromatic rings. The van der Waals surface area contributed by atoms with Crippen molar-refractivity contribution in [3.63, 3.8) is 0 Å². The molecule has 0 spiro atoms. The van der Waals surface area contributed by atoms with E-state index in [0.717, 1.165) is 0 Å². The molecule has 2 aliphatic heterocycles. The summed E-state index contributed by atoms with van der Waals surface area (Å²) in [6, 6.07) is 17.2. The van der Waals surface area contributed by atoms with Gasteiger partial charge in [-0.15, -0.1) is 0 Å². The Hall–Kier alpha value is -7.37. The minimum absolute atomic E-state index is 0. The SMILES string of the molecule is O=C(O)c1ccc2c(c1)-c1nc-2nc2[n-]c(nc3nc(nc4[n-]c(n1)c1ccc(C(=O)O)cc41)-c1cc(C(=O)O)ccc1-3)c1cc(C(=O)O)ccc21.[Co+2]. The van der Waals surface area contributed by atoms with Crippen molar-refractivity contribution in [2.24, 2.45) is 0 Å². The van der Waals surface area contributed by atoms with Crippen LogP contribution in [0.1, 0.15) is 41.4 Å². The molecule has 0 atom stereocenters. The van der Waals surface area contributed by atoms with Gasteiger partial charge in [-0.2, -0.15) is 0 Å². The van der Waals surface area contributed by atoms with E-state index in [-0.39, 0.29) is 95.9 Å². The maximum atomic E-state index is 12.0. The van der Waals surface area contributed by atoms with Crippen LogP contribution in [-0.2, 0) is 16.8 Å².